The minimum absolute atomic E-state index is 0.0741. The summed E-state index contributed by atoms with van der Waals surface area (Å²) in [5, 5.41) is 0.842. The Morgan fingerprint density at radius 1 is 1.40 bits per heavy atom. The zero-order chi connectivity index (χ0) is 14.3. The van der Waals surface area contributed by atoms with Gasteiger partial charge in [-0.1, -0.05) is 12.1 Å². The second-order valence-electron chi connectivity index (χ2n) is 5.25. The molecule has 1 fully saturated rings. The molecular formula is C14H17N3O2S. The van der Waals surface area contributed by atoms with Crippen molar-refractivity contribution < 1.29 is 8.42 Å². The largest absolute Gasteiger partial charge is 0.326 e. The van der Waals surface area contributed by atoms with Crippen LogP contribution < -0.4 is 5.73 Å². The van der Waals surface area contributed by atoms with E-state index in [9.17, 15) is 8.42 Å². The Kier molecular flexibility index (Phi) is 3.24. The van der Waals surface area contributed by atoms with Gasteiger partial charge in [-0.3, -0.25) is 4.98 Å². The lowest BCUT2D eigenvalue weighted by atomic mass is 10.2. The quantitative estimate of drug-likeness (QED) is 0.904. The van der Waals surface area contributed by atoms with Crippen molar-refractivity contribution in [2.45, 2.75) is 24.3 Å². The topological polar surface area (TPSA) is 76.3 Å². The number of sulfonamides is 1. The molecule has 0 radical (unpaired) electrons. The number of pyridine rings is 1. The van der Waals surface area contributed by atoms with Crippen molar-refractivity contribution >= 4 is 20.9 Å². The van der Waals surface area contributed by atoms with Gasteiger partial charge in [-0.15, -0.1) is 0 Å². The first-order chi connectivity index (χ1) is 9.48. The fourth-order valence-electron chi connectivity index (χ4n) is 2.56. The van der Waals surface area contributed by atoms with Gasteiger partial charge in [0, 0.05) is 30.7 Å². The number of benzene rings is 1. The van der Waals surface area contributed by atoms with E-state index in [1.54, 1.807) is 18.3 Å². The molecule has 2 N–H and O–H groups in total. The molecule has 1 atom stereocenters. The lowest BCUT2D eigenvalue weighted by molar-refractivity contribution is 0.473. The SMILES string of the molecule is Cc1cnc2c(S(=O)(=O)N3CCC(N)C3)cccc2c1. The maximum atomic E-state index is 12.7. The number of aryl methyl sites for hydroxylation is 1. The molecule has 0 aliphatic carbocycles. The smallest absolute Gasteiger partial charge is 0.245 e. The van der Waals surface area contributed by atoms with Gasteiger partial charge in [0.2, 0.25) is 10.0 Å². The van der Waals surface area contributed by atoms with Crippen LogP contribution in [0, 0.1) is 6.92 Å². The molecule has 2 heterocycles. The number of nitrogens with two attached hydrogens (primary N) is 1. The zero-order valence-electron chi connectivity index (χ0n) is 11.3. The first-order valence-corrected chi connectivity index (χ1v) is 8.03. The van der Waals surface area contributed by atoms with Gasteiger partial charge in [0.1, 0.15) is 4.90 Å². The number of rotatable bonds is 2. The van der Waals surface area contributed by atoms with Crippen LogP contribution in [0.4, 0.5) is 0 Å². The number of para-hydroxylation sites is 1. The van der Waals surface area contributed by atoms with Crippen LogP contribution in [0.3, 0.4) is 0 Å². The fraction of sp³-hybridized carbons (Fsp3) is 0.357. The van der Waals surface area contributed by atoms with Crippen molar-refractivity contribution in [1.29, 1.82) is 0 Å². The van der Waals surface area contributed by atoms with Gasteiger partial charge >= 0.3 is 0 Å². The van der Waals surface area contributed by atoms with E-state index in [0.717, 1.165) is 10.9 Å². The van der Waals surface area contributed by atoms with Crippen molar-refractivity contribution in [3.8, 4) is 0 Å². The van der Waals surface area contributed by atoms with Gasteiger partial charge in [-0.25, -0.2) is 8.42 Å². The van der Waals surface area contributed by atoms with Crippen molar-refractivity contribution in [3.63, 3.8) is 0 Å². The summed E-state index contributed by atoms with van der Waals surface area (Å²) in [5.41, 5.74) is 7.35. The number of hydrogen-bond donors (Lipinski definition) is 1. The maximum absolute atomic E-state index is 12.7. The standard InChI is InChI=1S/C14H17N3O2S/c1-10-7-11-3-2-4-13(14(11)16-8-10)20(18,19)17-6-5-12(15)9-17/h2-4,7-8,12H,5-6,9,15H2,1H3. The lowest BCUT2D eigenvalue weighted by Gasteiger charge is -2.17. The van der Waals surface area contributed by atoms with Crippen molar-refractivity contribution in [2.75, 3.05) is 13.1 Å². The summed E-state index contributed by atoms with van der Waals surface area (Å²) in [6.07, 6.45) is 2.40. The molecule has 1 aromatic heterocycles. The first-order valence-electron chi connectivity index (χ1n) is 6.59. The highest BCUT2D eigenvalue weighted by molar-refractivity contribution is 7.89. The summed E-state index contributed by atoms with van der Waals surface area (Å²) in [7, 11) is -3.52. The molecule has 1 saturated heterocycles. The van der Waals surface area contributed by atoms with E-state index in [2.05, 4.69) is 4.98 Å². The Morgan fingerprint density at radius 3 is 2.90 bits per heavy atom. The summed E-state index contributed by atoms with van der Waals surface area (Å²) < 4.78 is 26.9. The Morgan fingerprint density at radius 2 is 2.20 bits per heavy atom. The van der Waals surface area contributed by atoms with Crippen LogP contribution in [-0.4, -0.2) is 36.8 Å². The predicted octanol–water partition coefficient (Wildman–Crippen LogP) is 1.26. The van der Waals surface area contributed by atoms with Crippen molar-refractivity contribution in [1.82, 2.24) is 9.29 Å². The van der Waals surface area contributed by atoms with Crippen LogP contribution >= 0.6 is 0 Å². The highest BCUT2D eigenvalue weighted by Crippen LogP contribution is 2.26. The van der Waals surface area contributed by atoms with Gasteiger partial charge in [0.25, 0.3) is 0 Å². The highest BCUT2D eigenvalue weighted by Gasteiger charge is 2.32. The van der Waals surface area contributed by atoms with Gasteiger partial charge in [-0.2, -0.15) is 4.31 Å². The summed E-state index contributed by atoms with van der Waals surface area (Å²) in [5.74, 6) is 0. The second kappa shape index (κ2) is 4.80. The molecule has 20 heavy (non-hydrogen) atoms. The number of fused-ring (bicyclic) bond motifs is 1. The van der Waals surface area contributed by atoms with Gasteiger partial charge in [0.05, 0.1) is 5.52 Å². The van der Waals surface area contributed by atoms with Crippen LogP contribution in [0.25, 0.3) is 10.9 Å². The summed E-state index contributed by atoms with van der Waals surface area (Å²) >= 11 is 0. The molecule has 0 amide bonds. The Bertz CT molecular complexity index is 758. The van der Waals surface area contributed by atoms with Crippen LogP contribution in [0.15, 0.2) is 35.4 Å². The molecule has 0 bridgehead atoms. The van der Waals surface area contributed by atoms with E-state index >= 15 is 0 Å². The van der Waals surface area contributed by atoms with E-state index in [1.807, 2.05) is 19.1 Å². The number of hydrogen-bond acceptors (Lipinski definition) is 4. The van der Waals surface area contributed by atoms with Crippen molar-refractivity contribution in [2.24, 2.45) is 5.73 Å². The molecule has 106 valence electrons. The monoisotopic (exact) mass is 291 g/mol. The van der Waals surface area contributed by atoms with E-state index in [-0.39, 0.29) is 10.9 Å². The average molecular weight is 291 g/mol. The zero-order valence-corrected chi connectivity index (χ0v) is 12.1. The van der Waals surface area contributed by atoms with E-state index in [1.165, 1.54) is 4.31 Å². The normalized spacial score (nSPS) is 20.6. The molecule has 3 rings (SSSR count). The third kappa shape index (κ3) is 2.19. The van der Waals surface area contributed by atoms with Crippen LogP contribution in [0.1, 0.15) is 12.0 Å². The average Bonchev–Trinajstić information content (AvgIpc) is 2.85. The third-order valence-corrected chi connectivity index (χ3v) is 5.51. The second-order valence-corrected chi connectivity index (χ2v) is 7.16. The fourth-order valence-corrected chi connectivity index (χ4v) is 4.24. The predicted molar refractivity (Wildman–Crippen MR) is 77.8 cm³/mol. The maximum Gasteiger partial charge on any atom is 0.245 e. The highest BCUT2D eigenvalue weighted by atomic mass is 32.2. The lowest BCUT2D eigenvalue weighted by Crippen LogP contribution is -2.32. The molecule has 1 unspecified atom stereocenters. The van der Waals surface area contributed by atoms with Crippen molar-refractivity contribution in [3.05, 3.63) is 36.0 Å². The summed E-state index contributed by atoms with van der Waals surface area (Å²) in [6, 6.07) is 7.12. The number of aromatic nitrogens is 1. The molecule has 1 aromatic carbocycles. The Hall–Kier alpha value is -1.50. The van der Waals surface area contributed by atoms with Crippen LogP contribution in [0.5, 0.6) is 0 Å². The van der Waals surface area contributed by atoms with E-state index in [0.29, 0.717) is 25.0 Å². The molecule has 0 spiro atoms. The molecule has 6 heteroatoms. The Balaban J connectivity index is 2.14. The summed E-state index contributed by atoms with van der Waals surface area (Å²) in [6.45, 7) is 2.80. The van der Waals surface area contributed by atoms with E-state index in [4.69, 9.17) is 5.73 Å². The van der Waals surface area contributed by atoms with Crippen LogP contribution in [-0.2, 0) is 10.0 Å². The van der Waals surface area contributed by atoms with Gasteiger partial charge in [0.15, 0.2) is 0 Å². The first kappa shape index (κ1) is 13.5. The van der Waals surface area contributed by atoms with Crippen LogP contribution in [0.2, 0.25) is 0 Å². The van der Waals surface area contributed by atoms with E-state index < -0.39 is 10.0 Å². The van der Waals surface area contributed by atoms with Gasteiger partial charge in [-0.05, 0) is 31.0 Å². The molecule has 1 aliphatic heterocycles. The molecule has 1 aliphatic rings. The molecular weight excluding hydrogens is 274 g/mol. The Labute approximate surface area is 118 Å². The molecule has 5 nitrogen and oxygen atoms in total. The molecule has 0 saturated carbocycles. The van der Waals surface area contributed by atoms with Gasteiger partial charge < -0.3 is 5.73 Å². The minimum atomic E-state index is -3.52. The third-order valence-electron chi connectivity index (χ3n) is 3.62. The number of nitrogens with zero attached hydrogens (tertiary/aromatic N) is 2. The molecule has 2 aromatic rings. The summed E-state index contributed by atoms with van der Waals surface area (Å²) in [4.78, 5) is 4.57. The minimum Gasteiger partial charge on any atom is -0.326 e.